The van der Waals surface area contributed by atoms with Crippen molar-refractivity contribution >= 4 is 38.4 Å². The van der Waals surface area contributed by atoms with Crippen molar-refractivity contribution in [1.29, 1.82) is 0 Å². The van der Waals surface area contributed by atoms with Gasteiger partial charge in [0.25, 0.3) is 0 Å². The fourth-order valence-corrected chi connectivity index (χ4v) is 2.88. The lowest BCUT2D eigenvalue weighted by atomic mass is 10.2. The molecule has 0 amide bonds. The van der Waals surface area contributed by atoms with Crippen LogP contribution in [0.5, 0.6) is 0 Å². The van der Waals surface area contributed by atoms with Crippen molar-refractivity contribution in [3.05, 3.63) is 51.3 Å². The van der Waals surface area contributed by atoms with E-state index < -0.39 is 0 Å². The van der Waals surface area contributed by atoms with E-state index in [2.05, 4.69) is 50.0 Å². The summed E-state index contributed by atoms with van der Waals surface area (Å²) in [6.45, 7) is 2.65. The number of aromatic nitrogens is 3. The van der Waals surface area contributed by atoms with Crippen LogP contribution in [0.4, 0.5) is 0 Å². The van der Waals surface area contributed by atoms with Gasteiger partial charge < -0.3 is 4.57 Å². The van der Waals surface area contributed by atoms with Crippen molar-refractivity contribution < 1.29 is 0 Å². The molecule has 0 saturated heterocycles. The molecule has 2 heterocycles. The Morgan fingerprint density at radius 2 is 2.11 bits per heavy atom. The van der Waals surface area contributed by atoms with E-state index in [4.69, 9.17) is 11.6 Å². The molecule has 0 atom stereocenters. The van der Waals surface area contributed by atoms with Gasteiger partial charge in [0.15, 0.2) is 0 Å². The number of benzene rings is 1. The molecule has 0 N–H and O–H groups in total. The first-order chi connectivity index (χ1) is 9.06. The lowest BCUT2D eigenvalue weighted by molar-refractivity contribution is 0.673. The molecule has 0 radical (unpaired) electrons. The highest BCUT2D eigenvalue weighted by Crippen LogP contribution is 2.25. The second kappa shape index (κ2) is 4.69. The zero-order valence-electron chi connectivity index (χ0n) is 10.7. The van der Waals surface area contributed by atoms with Crippen LogP contribution in [0.3, 0.4) is 0 Å². The largest absolute Gasteiger partial charge is 0.341 e. The highest BCUT2D eigenvalue weighted by molar-refractivity contribution is 9.10. The molecule has 0 spiro atoms. The Hall–Kier alpha value is -1.26. The van der Waals surface area contributed by atoms with Gasteiger partial charge >= 0.3 is 0 Å². The third kappa shape index (κ3) is 2.19. The molecule has 2 aromatic heterocycles. The fraction of sp³-hybridized carbons (Fsp3) is 0.214. The van der Waals surface area contributed by atoms with Crippen molar-refractivity contribution in [2.75, 3.05) is 0 Å². The highest BCUT2D eigenvalue weighted by atomic mass is 79.9. The van der Waals surface area contributed by atoms with Crippen LogP contribution in [0.15, 0.2) is 34.9 Å². The third-order valence-corrected chi connectivity index (χ3v) is 4.30. The van der Waals surface area contributed by atoms with Gasteiger partial charge in [-0.15, -0.1) is 0 Å². The van der Waals surface area contributed by atoms with Crippen LogP contribution in [0.25, 0.3) is 10.9 Å². The minimum Gasteiger partial charge on any atom is -0.341 e. The van der Waals surface area contributed by atoms with Gasteiger partial charge in [-0.25, -0.2) is 0 Å². The number of hydrogen-bond donors (Lipinski definition) is 0. The van der Waals surface area contributed by atoms with Crippen LogP contribution >= 0.6 is 27.5 Å². The Kier molecular flexibility index (Phi) is 3.15. The predicted octanol–water partition coefficient (Wildman–Crippen LogP) is 4.15. The summed E-state index contributed by atoms with van der Waals surface area (Å²) < 4.78 is 5.11. The van der Waals surface area contributed by atoms with E-state index >= 15 is 0 Å². The van der Waals surface area contributed by atoms with Gasteiger partial charge in [-0.3, -0.25) is 4.68 Å². The molecule has 0 aliphatic rings. The van der Waals surface area contributed by atoms with Gasteiger partial charge in [0, 0.05) is 23.2 Å². The standard InChI is InChI=1S/C14H13BrClN3/c1-9-14(16)13(18(2)17-9)8-19-6-5-10-3-4-11(15)7-12(10)19/h3-7H,8H2,1-2H3. The number of halogens is 2. The van der Waals surface area contributed by atoms with E-state index in [-0.39, 0.29) is 0 Å². The highest BCUT2D eigenvalue weighted by Gasteiger charge is 2.12. The minimum absolute atomic E-state index is 0.718. The molecule has 5 heteroatoms. The van der Waals surface area contributed by atoms with Gasteiger partial charge in [0.1, 0.15) is 0 Å². The number of fused-ring (bicyclic) bond motifs is 1. The summed E-state index contributed by atoms with van der Waals surface area (Å²) in [6, 6.07) is 8.38. The van der Waals surface area contributed by atoms with E-state index in [1.165, 1.54) is 10.9 Å². The Balaban J connectivity index is 2.08. The second-order valence-corrected chi connectivity index (χ2v) is 5.91. The Bertz CT molecular complexity index is 757. The van der Waals surface area contributed by atoms with Crippen LogP contribution in [0, 0.1) is 6.92 Å². The maximum atomic E-state index is 6.31. The molecular weight excluding hydrogens is 326 g/mol. The number of hydrogen-bond acceptors (Lipinski definition) is 1. The Labute approximate surface area is 124 Å². The molecule has 0 fully saturated rings. The minimum atomic E-state index is 0.718. The van der Waals surface area contributed by atoms with Gasteiger partial charge in [-0.2, -0.15) is 5.10 Å². The summed E-state index contributed by atoms with van der Waals surface area (Å²) in [6.07, 6.45) is 2.08. The van der Waals surface area contributed by atoms with E-state index in [9.17, 15) is 0 Å². The Morgan fingerprint density at radius 3 is 2.79 bits per heavy atom. The maximum Gasteiger partial charge on any atom is 0.0865 e. The lowest BCUT2D eigenvalue weighted by Crippen LogP contribution is -2.05. The SMILES string of the molecule is Cc1nn(C)c(Cn2ccc3ccc(Br)cc32)c1Cl. The van der Waals surface area contributed by atoms with Crippen molar-refractivity contribution in [2.45, 2.75) is 13.5 Å². The van der Waals surface area contributed by atoms with Crippen LogP contribution in [0.1, 0.15) is 11.4 Å². The van der Waals surface area contributed by atoms with E-state index in [1.54, 1.807) is 0 Å². The molecule has 0 bridgehead atoms. The summed E-state index contributed by atoms with van der Waals surface area (Å²) in [7, 11) is 1.93. The third-order valence-electron chi connectivity index (χ3n) is 3.32. The molecule has 98 valence electrons. The first-order valence-corrected chi connectivity index (χ1v) is 7.15. The van der Waals surface area contributed by atoms with Crippen molar-refractivity contribution in [1.82, 2.24) is 14.3 Å². The molecule has 19 heavy (non-hydrogen) atoms. The normalized spacial score (nSPS) is 11.4. The average Bonchev–Trinajstić information content (AvgIpc) is 2.86. The van der Waals surface area contributed by atoms with Crippen LogP contribution in [-0.2, 0) is 13.6 Å². The summed E-state index contributed by atoms with van der Waals surface area (Å²) in [5.74, 6) is 0. The molecule has 0 unspecified atom stereocenters. The number of nitrogens with zero attached hydrogens (tertiary/aromatic N) is 3. The summed E-state index contributed by atoms with van der Waals surface area (Å²) in [5.41, 5.74) is 3.08. The van der Waals surface area contributed by atoms with Crippen LogP contribution in [-0.4, -0.2) is 14.3 Å². The van der Waals surface area contributed by atoms with Crippen molar-refractivity contribution in [3.8, 4) is 0 Å². The maximum absolute atomic E-state index is 6.31. The summed E-state index contributed by atoms with van der Waals surface area (Å²) in [5, 5.41) is 6.32. The van der Waals surface area contributed by atoms with Gasteiger partial charge in [-0.1, -0.05) is 33.6 Å². The van der Waals surface area contributed by atoms with Gasteiger partial charge in [-0.05, 0) is 30.5 Å². The molecule has 3 nitrogen and oxygen atoms in total. The molecular formula is C14H13BrClN3. The average molecular weight is 339 g/mol. The van der Waals surface area contributed by atoms with Gasteiger partial charge in [0.2, 0.25) is 0 Å². The van der Waals surface area contributed by atoms with E-state index in [0.29, 0.717) is 0 Å². The molecule has 1 aromatic carbocycles. The predicted molar refractivity (Wildman–Crippen MR) is 81.7 cm³/mol. The molecule has 0 aliphatic heterocycles. The first kappa shape index (κ1) is 12.8. The van der Waals surface area contributed by atoms with Gasteiger partial charge in [0.05, 0.1) is 23.0 Å². The van der Waals surface area contributed by atoms with Crippen LogP contribution in [0.2, 0.25) is 5.02 Å². The monoisotopic (exact) mass is 337 g/mol. The van der Waals surface area contributed by atoms with E-state index in [0.717, 1.165) is 27.4 Å². The number of aryl methyl sites for hydroxylation is 2. The molecule has 0 aliphatic carbocycles. The molecule has 3 aromatic rings. The summed E-state index contributed by atoms with van der Waals surface area (Å²) in [4.78, 5) is 0. The zero-order valence-corrected chi connectivity index (χ0v) is 13.0. The van der Waals surface area contributed by atoms with Crippen LogP contribution < -0.4 is 0 Å². The number of rotatable bonds is 2. The fourth-order valence-electron chi connectivity index (χ4n) is 2.31. The lowest BCUT2D eigenvalue weighted by Gasteiger charge is -2.07. The smallest absolute Gasteiger partial charge is 0.0865 e. The van der Waals surface area contributed by atoms with Crippen molar-refractivity contribution in [3.63, 3.8) is 0 Å². The van der Waals surface area contributed by atoms with Crippen molar-refractivity contribution in [2.24, 2.45) is 7.05 Å². The first-order valence-electron chi connectivity index (χ1n) is 5.98. The molecule has 0 saturated carbocycles. The topological polar surface area (TPSA) is 22.8 Å². The molecule has 3 rings (SSSR count). The zero-order chi connectivity index (χ0) is 13.6. The quantitative estimate of drug-likeness (QED) is 0.688. The van der Waals surface area contributed by atoms with E-state index in [1.807, 2.05) is 24.7 Å². The summed E-state index contributed by atoms with van der Waals surface area (Å²) >= 11 is 9.82. The Morgan fingerprint density at radius 1 is 1.32 bits per heavy atom. The second-order valence-electron chi connectivity index (χ2n) is 4.62.